The molecule has 0 aromatic carbocycles. The molecular formula is C11H23NO2. The van der Waals surface area contributed by atoms with Gasteiger partial charge in [-0.05, 0) is 46.5 Å². The van der Waals surface area contributed by atoms with Crippen LogP contribution in [0.2, 0.25) is 0 Å². The third-order valence-corrected chi connectivity index (χ3v) is 2.67. The van der Waals surface area contributed by atoms with E-state index in [9.17, 15) is 5.11 Å². The molecule has 0 heterocycles. The van der Waals surface area contributed by atoms with Gasteiger partial charge in [-0.25, -0.2) is 0 Å². The summed E-state index contributed by atoms with van der Waals surface area (Å²) in [6, 6.07) is 0. The molecule has 0 amide bonds. The Balaban J connectivity index is 2.48. The first-order valence-electron chi connectivity index (χ1n) is 5.42. The third-order valence-electron chi connectivity index (χ3n) is 2.67. The Morgan fingerprint density at radius 1 is 1.50 bits per heavy atom. The van der Waals surface area contributed by atoms with E-state index in [1.165, 1.54) is 0 Å². The lowest BCUT2D eigenvalue weighted by atomic mass is 9.81. The SMILES string of the molecule is CC(C)(C)OC1CCCC(N)(CO)C1. The van der Waals surface area contributed by atoms with Gasteiger partial charge in [-0.1, -0.05) is 0 Å². The summed E-state index contributed by atoms with van der Waals surface area (Å²) in [7, 11) is 0. The van der Waals surface area contributed by atoms with Crippen molar-refractivity contribution in [2.24, 2.45) is 5.73 Å². The van der Waals surface area contributed by atoms with Crippen molar-refractivity contribution in [2.75, 3.05) is 6.61 Å². The molecule has 1 aliphatic rings. The van der Waals surface area contributed by atoms with Gasteiger partial charge < -0.3 is 15.6 Å². The molecule has 0 aliphatic heterocycles. The summed E-state index contributed by atoms with van der Waals surface area (Å²) in [5.74, 6) is 0. The highest BCUT2D eigenvalue weighted by Crippen LogP contribution is 2.30. The standard InChI is InChI=1S/C11H23NO2/c1-10(2,3)14-9-5-4-6-11(12,7-9)8-13/h9,13H,4-8,12H2,1-3H3. The Labute approximate surface area is 86.6 Å². The van der Waals surface area contributed by atoms with E-state index in [1.54, 1.807) is 0 Å². The van der Waals surface area contributed by atoms with Crippen LogP contribution in [0.25, 0.3) is 0 Å². The molecule has 0 aromatic rings. The highest BCUT2D eigenvalue weighted by atomic mass is 16.5. The Morgan fingerprint density at radius 2 is 2.14 bits per heavy atom. The summed E-state index contributed by atoms with van der Waals surface area (Å²) in [6.45, 7) is 6.23. The second kappa shape index (κ2) is 4.17. The minimum atomic E-state index is -0.409. The normalized spacial score (nSPS) is 34.5. The molecule has 2 unspecified atom stereocenters. The summed E-state index contributed by atoms with van der Waals surface area (Å²) in [5.41, 5.74) is 5.52. The molecule has 0 spiro atoms. The van der Waals surface area contributed by atoms with Crippen LogP contribution < -0.4 is 5.73 Å². The molecule has 1 aliphatic carbocycles. The maximum absolute atomic E-state index is 9.19. The van der Waals surface area contributed by atoms with Gasteiger partial charge in [0.25, 0.3) is 0 Å². The van der Waals surface area contributed by atoms with Crippen molar-refractivity contribution in [3.63, 3.8) is 0 Å². The Morgan fingerprint density at radius 3 is 2.64 bits per heavy atom. The fraction of sp³-hybridized carbons (Fsp3) is 1.00. The van der Waals surface area contributed by atoms with E-state index in [0.29, 0.717) is 0 Å². The number of hydrogen-bond donors (Lipinski definition) is 2. The highest BCUT2D eigenvalue weighted by Gasteiger charge is 2.34. The lowest BCUT2D eigenvalue weighted by Gasteiger charge is -2.39. The summed E-state index contributed by atoms with van der Waals surface area (Å²) < 4.78 is 5.88. The van der Waals surface area contributed by atoms with Crippen LogP contribution in [-0.4, -0.2) is 29.0 Å². The molecule has 1 fully saturated rings. The quantitative estimate of drug-likeness (QED) is 0.710. The second-order valence-corrected chi connectivity index (χ2v) is 5.47. The van der Waals surface area contributed by atoms with E-state index >= 15 is 0 Å². The molecule has 84 valence electrons. The molecule has 0 bridgehead atoms. The van der Waals surface area contributed by atoms with Crippen LogP contribution >= 0.6 is 0 Å². The Hall–Kier alpha value is -0.120. The fourth-order valence-electron chi connectivity index (χ4n) is 2.08. The van der Waals surface area contributed by atoms with Crippen molar-refractivity contribution < 1.29 is 9.84 Å². The monoisotopic (exact) mass is 201 g/mol. The molecule has 0 saturated heterocycles. The minimum Gasteiger partial charge on any atom is -0.394 e. The lowest BCUT2D eigenvalue weighted by Crippen LogP contribution is -2.50. The van der Waals surface area contributed by atoms with Gasteiger partial charge in [-0.3, -0.25) is 0 Å². The molecule has 1 saturated carbocycles. The molecular weight excluding hydrogens is 178 g/mol. The van der Waals surface area contributed by atoms with Gasteiger partial charge >= 0.3 is 0 Å². The third kappa shape index (κ3) is 3.56. The predicted molar refractivity (Wildman–Crippen MR) is 57.1 cm³/mol. The molecule has 0 radical (unpaired) electrons. The average molecular weight is 201 g/mol. The predicted octanol–water partition coefficient (Wildman–Crippen LogP) is 1.43. The summed E-state index contributed by atoms with van der Waals surface area (Å²) in [6.07, 6.45) is 4.02. The number of hydrogen-bond acceptors (Lipinski definition) is 3. The van der Waals surface area contributed by atoms with Crippen LogP contribution in [0.3, 0.4) is 0 Å². The summed E-state index contributed by atoms with van der Waals surface area (Å²) >= 11 is 0. The number of nitrogens with two attached hydrogens (primary N) is 1. The van der Waals surface area contributed by atoms with Crippen LogP contribution in [0.4, 0.5) is 0 Å². The van der Waals surface area contributed by atoms with E-state index in [2.05, 4.69) is 20.8 Å². The molecule has 3 heteroatoms. The van der Waals surface area contributed by atoms with Crippen LogP contribution in [-0.2, 0) is 4.74 Å². The van der Waals surface area contributed by atoms with Crippen molar-refractivity contribution in [1.82, 2.24) is 0 Å². The van der Waals surface area contributed by atoms with Crippen LogP contribution in [0.1, 0.15) is 46.5 Å². The maximum atomic E-state index is 9.19. The second-order valence-electron chi connectivity index (χ2n) is 5.47. The number of ether oxygens (including phenoxy) is 1. The number of aliphatic hydroxyl groups is 1. The summed E-state index contributed by atoms with van der Waals surface area (Å²) in [5, 5.41) is 9.19. The lowest BCUT2D eigenvalue weighted by molar-refractivity contribution is -0.0884. The van der Waals surface area contributed by atoms with Crippen molar-refractivity contribution >= 4 is 0 Å². The van der Waals surface area contributed by atoms with Gasteiger partial charge in [-0.2, -0.15) is 0 Å². The summed E-state index contributed by atoms with van der Waals surface area (Å²) in [4.78, 5) is 0. The largest absolute Gasteiger partial charge is 0.394 e. The van der Waals surface area contributed by atoms with E-state index in [4.69, 9.17) is 10.5 Å². The molecule has 2 atom stereocenters. The van der Waals surface area contributed by atoms with Crippen LogP contribution in [0.5, 0.6) is 0 Å². The first-order valence-corrected chi connectivity index (χ1v) is 5.42. The fourth-order valence-corrected chi connectivity index (χ4v) is 2.08. The molecule has 14 heavy (non-hydrogen) atoms. The number of aliphatic hydroxyl groups excluding tert-OH is 1. The smallest absolute Gasteiger partial charge is 0.0612 e. The van der Waals surface area contributed by atoms with Crippen LogP contribution in [0.15, 0.2) is 0 Å². The van der Waals surface area contributed by atoms with E-state index in [0.717, 1.165) is 25.7 Å². The molecule has 3 N–H and O–H groups in total. The number of rotatable bonds is 2. The van der Waals surface area contributed by atoms with E-state index < -0.39 is 5.54 Å². The van der Waals surface area contributed by atoms with E-state index in [-0.39, 0.29) is 18.3 Å². The van der Waals surface area contributed by atoms with Crippen molar-refractivity contribution in [3.8, 4) is 0 Å². The molecule has 1 rings (SSSR count). The molecule has 0 aromatic heterocycles. The van der Waals surface area contributed by atoms with Crippen molar-refractivity contribution in [1.29, 1.82) is 0 Å². The van der Waals surface area contributed by atoms with Gasteiger partial charge in [0.2, 0.25) is 0 Å². The van der Waals surface area contributed by atoms with Crippen molar-refractivity contribution in [2.45, 2.75) is 63.7 Å². The molecule has 3 nitrogen and oxygen atoms in total. The van der Waals surface area contributed by atoms with Gasteiger partial charge in [0, 0.05) is 5.54 Å². The van der Waals surface area contributed by atoms with Gasteiger partial charge in [-0.15, -0.1) is 0 Å². The first-order chi connectivity index (χ1) is 6.35. The zero-order valence-corrected chi connectivity index (χ0v) is 9.55. The van der Waals surface area contributed by atoms with Crippen molar-refractivity contribution in [3.05, 3.63) is 0 Å². The minimum absolute atomic E-state index is 0.0665. The zero-order valence-electron chi connectivity index (χ0n) is 9.55. The van der Waals surface area contributed by atoms with Gasteiger partial charge in [0.1, 0.15) is 0 Å². The first kappa shape index (κ1) is 12.0. The van der Waals surface area contributed by atoms with E-state index in [1.807, 2.05) is 0 Å². The van der Waals surface area contributed by atoms with Crippen LogP contribution in [0, 0.1) is 0 Å². The van der Waals surface area contributed by atoms with Gasteiger partial charge in [0.05, 0.1) is 18.3 Å². The Kier molecular flexibility index (Phi) is 3.56. The zero-order chi connectivity index (χ0) is 10.8. The van der Waals surface area contributed by atoms with Gasteiger partial charge in [0.15, 0.2) is 0 Å². The average Bonchev–Trinajstić information content (AvgIpc) is 2.01. The Bertz CT molecular complexity index is 188. The topological polar surface area (TPSA) is 55.5 Å². The highest BCUT2D eigenvalue weighted by molar-refractivity contribution is 4.91. The maximum Gasteiger partial charge on any atom is 0.0612 e.